The van der Waals surface area contributed by atoms with Gasteiger partial charge >= 0.3 is 0 Å². The maximum atomic E-state index is 5.96. The number of benzene rings is 1. The summed E-state index contributed by atoms with van der Waals surface area (Å²) < 4.78 is 0. The Morgan fingerprint density at radius 2 is 1.75 bits per heavy atom. The highest BCUT2D eigenvalue weighted by molar-refractivity contribution is 9.09. The first-order valence-electron chi connectivity index (χ1n) is 3.99. The highest BCUT2D eigenvalue weighted by Gasteiger charge is 2.23. The van der Waals surface area contributed by atoms with Gasteiger partial charge < -0.3 is 5.73 Å². The highest BCUT2D eigenvalue weighted by atomic mass is 79.9. The van der Waals surface area contributed by atoms with Crippen molar-refractivity contribution in [1.82, 2.24) is 0 Å². The molecule has 0 aliphatic rings. The van der Waals surface area contributed by atoms with E-state index in [9.17, 15) is 0 Å². The maximum Gasteiger partial charge on any atom is 0.0569 e. The minimum Gasteiger partial charge on any atom is -0.324 e. The molecule has 1 atom stereocenters. The van der Waals surface area contributed by atoms with E-state index in [0.717, 1.165) is 0 Å². The summed E-state index contributed by atoms with van der Waals surface area (Å²) in [6.07, 6.45) is 0. The molecule has 0 aliphatic carbocycles. The largest absolute Gasteiger partial charge is 0.324 e. The number of nitrogens with two attached hydrogens (primary N) is 1. The van der Waals surface area contributed by atoms with Crippen LogP contribution in [0.25, 0.3) is 0 Å². The number of alkyl halides is 1. The third kappa shape index (κ3) is 2.32. The molecule has 0 heterocycles. The Morgan fingerprint density at radius 3 is 2.17 bits per heavy atom. The molecule has 66 valence electrons. The molecule has 2 N–H and O–H groups in total. The lowest BCUT2D eigenvalue weighted by atomic mass is 9.96. The van der Waals surface area contributed by atoms with Crippen molar-refractivity contribution in [3.63, 3.8) is 0 Å². The molecular formula is C10H14BrN. The molecule has 1 rings (SSSR count). The zero-order valence-electron chi connectivity index (χ0n) is 7.42. The first-order valence-corrected chi connectivity index (χ1v) is 4.91. The molecule has 12 heavy (non-hydrogen) atoms. The van der Waals surface area contributed by atoms with Crippen molar-refractivity contribution >= 4 is 15.9 Å². The van der Waals surface area contributed by atoms with Gasteiger partial charge in [0.25, 0.3) is 0 Å². The Kier molecular flexibility index (Phi) is 2.91. The summed E-state index contributed by atoms with van der Waals surface area (Å²) in [5.74, 6) is 0. The van der Waals surface area contributed by atoms with Crippen molar-refractivity contribution in [3.05, 3.63) is 35.9 Å². The molecule has 0 radical (unpaired) electrons. The van der Waals surface area contributed by atoms with E-state index in [1.807, 2.05) is 32.0 Å². The van der Waals surface area contributed by atoms with Crippen molar-refractivity contribution in [2.24, 2.45) is 5.73 Å². The second kappa shape index (κ2) is 3.58. The van der Waals surface area contributed by atoms with E-state index < -0.39 is 0 Å². The second-order valence-corrected chi connectivity index (χ2v) is 4.51. The average molecular weight is 228 g/mol. The summed E-state index contributed by atoms with van der Waals surface area (Å²) in [6, 6.07) is 10.2. The van der Waals surface area contributed by atoms with Crippen LogP contribution in [0.2, 0.25) is 0 Å². The summed E-state index contributed by atoms with van der Waals surface area (Å²) >= 11 is 3.58. The van der Waals surface area contributed by atoms with Crippen LogP contribution in [0, 0.1) is 0 Å². The highest BCUT2D eigenvalue weighted by Crippen LogP contribution is 2.31. The van der Waals surface area contributed by atoms with E-state index in [1.54, 1.807) is 0 Å². The molecule has 1 aromatic carbocycles. The number of halogens is 1. The Morgan fingerprint density at radius 1 is 1.25 bits per heavy atom. The average Bonchev–Trinajstić information content (AvgIpc) is 2.03. The van der Waals surface area contributed by atoms with Crippen molar-refractivity contribution < 1.29 is 0 Å². The number of hydrogen-bond acceptors (Lipinski definition) is 1. The van der Waals surface area contributed by atoms with Gasteiger partial charge in [0.1, 0.15) is 0 Å². The van der Waals surface area contributed by atoms with Gasteiger partial charge in [-0.2, -0.15) is 0 Å². The van der Waals surface area contributed by atoms with Crippen LogP contribution < -0.4 is 5.73 Å². The fourth-order valence-electron chi connectivity index (χ4n) is 1.05. The summed E-state index contributed by atoms with van der Waals surface area (Å²) in [5.41, 5.74) is 6.97. The van der Waals surface area contributed by atoms with Crippen molar-refractivity contribution in [2.75, 3.05) is 0 Å². The predicted molar refractivity (Wildman–Crippen MR) is 56.4 cm³/mol. The molecule has 0 aromatic heterocycles. The lowest BCUT2D eigenvalue weighted by Gasteiger charge is -2.25. The molecule has 0 amide bonds. The number of rotatable bonds is 2. The lowest BCUT2D eigenvalue weighted by Crippen LogP contribution is -2.36. The first-order chi connectivity index (χ1) is 5.52. The molecule has 0 fully saturated rings. The summed E-state index contributed by atoms with van der Waals surface area (Å²) in [4.78, 5) is 0.214. The van der Waals surface area contributed by atoms with E-state index in [-0.39, 0.29) is 10.4 Å². The zero-order chi connectivity index (χ0) is 9.19. The molecule has 1 unspecified atom stereocenters. The molecule has 0 saturated heterocycles. The fraction of sp³-hybridized carbons (Fsp3) is 0.400. The summed E-state index contributed by atoms with van der Waals surface area (Å²) in [6.45, 7) is 4.03. The molecule has 0 bridgehead atoms. The molecule has 1 nitrogen and oxygen atoms in total. The normalized spacial score (nSPS) is 14.3. The van der Waals surface area contributed by atoms with Crippen LogP contribution in [0.1, 0.15) is 24.2 Å². The van der Waals surface area contributed by atoms with Crippen LogP contribution in [0.3, 0.4) is 0 Å². The topological polar surface area (TPSA) is 26.0 Å². The second-order valence-electron chi connectivity index (χ2n) is 3.59. The maximum absolute atomic E-state index is 5.96. The lowest BCUT2D eigenvalue weighted by molar-refractivity contribution is 0.512. The smallest absolute Gasteiger partial charge is 0.0569 e. The predicted octanol–water partition coefficient (Wildman–Crippen LogP) is 2.86. The first kappa shape index (κ1) is 9.75. The van der Waals surface area contributed by atoms with Gasteiger partial charge in [0, 0.05) is 5.54 Å². The van der Waals surface area contributed by atoms with Crippen molar-refractivity contribution in [1.29, 1.82) is 0 Å². The minimum absolute atomic E-state index is 0.214. The monoisotopic (exact) mass is 227 g/mol. The van der Waals surface area contributed by atoms with Gasteiger partial charge in [0.05, 0.1) is 4.83 Å². The van der Waals surface area contributed by atoms with Crippen LogP contribution in [0.15, 0.2) is 30.3 Å². The van der Waals surface area contributed by atoms with Crippen LogP contribution in [-0.4, -0.2) is 5.54 Å². The SMILES string of the molecule is CC(C)(N)C(Br)c1ccccc1. The van der Waals surface area contributed by atoms with Crippen molar-refractivity contribution in [2.45, 2.75) is 24.2 Å². The minimum atomic E-state index is -0.221. The van der Waals surface area contributed by atoms with E-state index in [0.29, 0.717) is 0 Å². The van der Waals surface area contributed by atoms with Gasteiger partial charge in [-0.05, 0) is 19.4 Å². The summed E-state index contributed by atoms with van der Waals surface area (Å²) in [7, 11) is 0. The van der Waals surface area contributed by atoms with Gasteiger partial charge in [0.15, 0.2) is 0 Å². The third-order valence-electron chi connectivity index (χ3n) is 1.75. The summed E-state index contributed by atoms with van der Waals surface area (Å²) in [5, 5.41) is 0. The van der Waals surface area contributed by atoms with Crippen LogP contribution in [-0.2, 0) is 0 Å². The standard InChI is InChI=1S/C10H14BrN/c1-10(2,12)9(11)8-6-4-3-5-7-8/h3-7,9H,12H2,1-2H3. The molecular weight excluding hydrogens is 214 g/mol. The van der Waals surface area contributed by atoms with Crippen LogP contribution >= 0.6 is 15.9 Å². The Hall–Kier alpha value is -0.340. The Bertz CT molecular complexity index is 238. The van der Waals surface area contributed by atoms with E-state index in [1.165, 1.54) is 5.56 Å². The van der Waals surface area contributed by atoms with Gasteiger partial charge in [-0.1, -0.05) is 46.3 Å². The van der Waals surface area contributed by atoms with Gasteiger partial charge in [-0.3, -0.25) is 0 Å². The van der Waals surface area contributed by atoms with Crippen molar-refractivity contribution in [3.8, 4) is 0 Å². The van der Waals surface area contributed by atoms with Gasteiger partial charge in [0.2, 0.25) is 0 Å². The Balaban J connectivity index is 2.86. The Labute approximate surface area is 82.1 Å². The number of hydrogen-bond donors (Lipinski definition) is 1. The van der Waals surface area contributed by atoms with Crippen LogP contribution in [0.5, 0.6) is 0 Å². The van der Waals surface area contributed by atoms with Gasteiger partial charge in [-0.15, -0.1) is 0 Å². The van der Waals surface area contributed by atoms with Gasteiger partial charge in [-0.25, -0.2) is 0 Å². The van der Waals surface area contributed by atoms with E-state index in [2.05, 4.69) is 28.1 Å². The van der Waals surface area contributed by atoms with Crippen LogP contribution in [0.4, 0.5) is 0 Å². The fourth-order valence-corrected chi connectivity index (χ4v) is 1.36. The molecule has 1 aromatic rings. The molecule has 0 saturated carbocycles. The molecule has 0 aliphatic heterocycles. The molecule has 0 spiro atoms. The quantitative estimate of drug-likeness (QED) is 0.774. The van der Waals surface area contributed by atoms with E-state index in [4.69, 9.17) is 5.73 Å². The van der Waals surface area contributed by atoms with E-state index >= 15 is 0 Å². The zero-order valence-corrected chi connectivity index (χ0v) is 9.01. The third-order valence-corrected chi connectivity index (χ3v) is 3.45. The molecule has 2 heteroatoms.